The van der Waals surface area contributed by atoms with Crippen LogP contribution < -0.4 is 19.3 Å². The van der Waals surface area contributed by atoms with Crippen molar-refractivity contribution in [2.24, 2.45) is 0 Å². The molecule has 0 amide bonds. The lowest BCUT2D eigenvalue weighted by atomic mass is 10.2. The van der Waals surface area contributed by atoms with Crippen LogP contribution >= 0.6 is 39.7 Å². The highest BCUT2D eigenvalue weighted by molar-refractivity contribution is 9.11. The molecule has 0 unspecified atom stereocenters. The Bertz CT molecular complexity index is 1440. The van der Waals surface area contributed by atoms with E-state index in [-0.39, 0.29) is 22.4 Å². The largest absolute Gasteiger partial charge is 0.495 e. The van der Waals surface area contributed by atoms with E-state index < -0.39 is 10.0 Å². The van der Waals surface area contributed by atoms with E-state index in [0.717, 1.165) is 39.6 Å². The number of anilines is 3. The molecule has 1 fully saturated rings. The maximum Gasteiger partial charge on any atom is 0.272 e. The Labute approximate surface area is 222 Å². The fraction of sp³-hybridized carbons (Fsp3) is 0.217. The lowest BCUT2D eigenvalue weighted by molar-refractivity contribution is 0.413. The molecule has 1 N–H and O–H groups in total. The number of sulfonamides is 1. The number of thiophene rings is 1. The summed E-state index contributed by atoms with van der Waals surface area (Å²) in [6.07, 6.45) is 0. The van der Waals surface area contributed by atoms with Gasteiger partial charge in [-0.1, -0.05) is 24.3 Å². The third-order valence-corrected chi connectivity index (χ3v) is 9.06. The van der Waals surface area contributed by atoms with Crippen molar-refractivity contribution < 1.29 is 13.2 Å². The van der Waals surface area contributed by atoms with Gasteiger partial charge in [0.2, 0.25) is 0 Å². The van der Waals surface area contributed by atoms with Crippen molar-refractivity contribution in [3.8, 4) is 5.75 Å². The van der Waals surface area contributed by atoms with Gasteiger partial charge >= 0.3 is 0 Å². The number of nitrogens with zero attached hydrogens (tertiary/aromatic N) is 4. The molecule has 0 spiro atoms. The quantitative estimate of drug-likeness (QED) is 0.335. The third kappa shape index (κ3) is 5.32. The van der Waals surface area contributed by atoms with E-state index in [1.54, 1.807) is 19.2 Å². The standard InChI is InChI=1S/C23H22BrN5O3S2.ClH/c1-32-19-9-5-4-8-18(19)28-12-14-29(15-13-28)23-22(25-16-6-2-3-7-17(16)26-23)27-34(30,31)21-11-10-20(24)33-21;/h2-11H,12-15H2,1H3,(H,25,27);1H. The Morgan fingerprint density at radius 2 is 1.54 bits per heavy atom. The van der Waals surface area contributed by atoms with Crippen LogP contribution in [0.25, 0.3) is 11.0 Å². The van der Waals surface area contributed by atoms with Crippen molar-refractivity contribution in [1.82, 2.24) is 9.97 Å². The summed E-state index contributed by atoms with van der Waals surface area (Å²) in [6.45, 7) is 2.78. The first-order chi connectivity index (χ1) is 16.4. The summed E-state index contributed by atoms with van der Waals surface area (Å²) in [4.78, 5) is 13.8. The third-order valence-electron chi connectivity index (χ3n) is 5.60. The molecule has 3 heterocycles. The van der Waals surface area contributed by atoms with Gasteiger partial charge in [-0.15, -0.1) is 23.7 Å². The fourth-order valence-corrected chi connectivity index (χ4v) is 6.96. The molecule has 184 valence electrons. The molecule has 0 atom stereocenters. The minimum Gasteiger partial charge on any atom is -0.495 e. The number of halogens is 2. The summed E-state index contributed by atoms with van der Waals surface area (Å²) < 4.78 is 35.3. The van der Waals surface area contributed by atoms with Gasteiger partial charge in [0.25, 0.3) is 10.0 Å². The summed E-state index contributed by atoms with van der Waals surface area (Å²) in [5.41, 5.74) is 2.38. The van der Waals surface area contributed by atoms with Crippen LogP contribution in [0.4, 0.5) is 17.3 Å². The summed E-state index contributed by atoms with van der Waals surface area (Å²) >= 11 is 4.48. The van der Waals surface area contributed by atoms with E-state index in [2.05, 4.69) is 35.4 Å². The van der Waals surface area contributed by atoms with Gasteiger partial charge in [-0.3, -0.25) is 4.72 Å². The summed E-state index contributed by atoms with van der Waals surface area (Å²) in [5.74, 6) is 1.59. The second kappa shape index (κ2) is 10.6. The highest BCUT2D eigenvalue weighted by atomic mass is 79.9. The van der Waals surface area contributed by atoms with Gasteiger partial charge in [0, 0.05) is 26.2 Å². The monoisotopic (exact) mass is 595 g/mol. The number of ether oxygens (including phenoxy) is 1. The summed E-state index contributed by atoms with van der Waals surface area (Å²) in [6, 6.07) is 18.7. The van der Waals surface area contributed by atoms with Crippen LogP contribution in [0.15, 0.2) is 68.7 Å². The molecule has 0 aliphatic carbocycles. The first-order valence-electron chi connectivity index (χ1n) is 10.6. The number of hydrogen-bond acceptors (Lipinski definition) is 8. The molecule has 4 aromatic rings. The minimum absolute atomic E-state index is 0. The normalized spacial score (nSPS) is 14.0. The van der Waals surface area contributed by atoms with Gasteiger partial charge in [0.15, 0.2) is 11.6 Å². The number of para-hydroxylation sites is 4. The van der Waals surface area contributed by atoms with Gasteiger partial charge in [-0.05, 0) is 52.3 Å². The van der Waals surface area contributed by atoms with Crippen LogP contribution in [0.3, 0.4) is 0 Å². The van der Waals surface area contributed by atoms with Crippen molar-refractivity contribution in [3.05, 3.63) is 64.5 Å². The molecule has 8 nitrogen and oxygen atoms in total. The molecule has 0 saturated carbocycles. The molecule has 1 aliphatic heterocycles. The number of hydrogen-bond donors (Lipinski definition) is 1. The van der Waals surface area contributed by atoms with E-state index in [0.29, 0.717) is 29.9 Å². The highest BCUT2D eigenvalue weighted by Crippen LogP contribution is 2.33. The van der Waals surface area contributed by atoms with Gasteiger partial charge in [0.1, 0.15) is 9.96 Å². The number of aromatic nitrogens is 2. The van der Waals surface area contributed by atoms with Crippen molar-refractivity contribution >= 4 is 78.1 Å². The van der Waals surface area contributed by atoms with Gasteiger partial charge in [0.05, 0.1) is 27.6 Å². The maximum atomic E-state index is 13.1. The van der Waals surface area contributed by atoms with Crippen molar-refractivity contribution in [1.29, 1.82) is 0 Å². The second-order valence-electron chi connectivity index (χ2n) is 7.69. The Morgan fingerprint density at radius 3 is 2.20 bits per heavy atom. The van der Waals surface area contributed by atoms with E-state index >= 15 is 0 Å². The zero-order valence-electron chi connectivity index (χ0n) is 18.7. The van der Waals surface area contributed by atoms with Crippen LogP contribution in [-0.4, -0.2) is 51.7 Å². The van der Waals surface area contributed by atoms with Crippen molar-refractivity contribution in [2.45, 2.75) is 4.21 Å². The average Bonchev–Trinajstić information content (AvgIpc) is 3.31. The maximum absolute atomic E-state index is 13.1. The van der Waals surface area contributed by atoms with Gasteiger partial charge in [-0.2, -0.15) is 0 Å². The first kappa shape index (κ1) is 25.5. The molecule has 12 heteroatoms. The van der Waals surface area contributed by atoms with Gasteiger partial charge in [-0.25, -0.2) is 18.4 Å². The van der Waals surface area contributed by atoms with E-state index in [9.17, 15) is 8.42 Å². The zero-order chi connectivity index (χ0) is 23.7. The summed E-state index contributed by atoms with van der Waals surface area (Å²) in [7, 11) is -2.13. The second-order valence-corrected chi connectivity index (χ2v) is 12.1. The minimum atomic E-state index is -3.80. The van der Waals surface area contributed by atoms with Crippen LogP contribution in [0, 0.1) is 0 Å². The van der Waals surface area contributed by atoms with E-state index in [4.69, 9.17) is 9.72 Å². The Hall–Kier alpha value is -2.60. The highest BCUT2D eigenvalue weighted by Gasteiger charge is 2.26. The fourth-order valence-electron chi connectivity index (χ4n) is 3.95. The van der Waals surface area contributed by atoms with Crippen LogP contribution in [0.1, 0.15) is 0 Å². The molecule has 35 heavy (non-hydrogen) atoms. The predicted octanol–water partition coefficient (Wildman–Crippen LogP) is 5.01. The molecule has 5 rings (SSSR count). The van der Waals surface area contributed by atoms with Crippen LogP contribution in [-0.2, 0) is 10.0 Å². The van der Waals surface area contributed by atoms with Crippen LogP contribution in [0.2, 0.25) is 0 Å². The molecule has 1 saturated heterocycles. The smallest absolute Gasteiger partial charge is 0.272 e. The summed E-state index contributed by atoms with van der Waals surface area (Å²) in [5, 5.41) is 0. The molecule has 0 radical (unpaired) electrons. The number of rotatable bonds is 6. The molecular formula is C23H23BrClN5O3S2. The number of benzene rings is 2. The first-order valence-corrected chi connectivity index (χ1v) is 13.7. The molecule has 2 aromatic heterocycles. The SMILES string of the molecule is COc1ccccc1N1CCN(c2nc3ccccc3nc2NS(=O)(=O)c2ccc(Br)s2)CC1.Cl. The van der Waals surface area contributed by atoms with E-state index in [1.165, 1.54) is 0 Å². The molecular weight excluding hydrogens is 574 g/mol. The topological polar surface area (TPSA) is 87.7 Å². The van der Waals surface area contributed by atoms with Gasteiger partial charge < -0.3 is 14.5 Å². The Kier molecular flexibility index (Phi) is 7.70. The molecule has 2 aromatic carbocycles. The Morgan fingerprint density at radius 1 is 0.914 bits per heavy atom. The van der Waals surface area contributed by atoms with E-state index in [1.807, 2.05) is 48.5 Å². The van der Waals surface area contributed by atoms with Crippen LogP contribution in [0.5, 0.6) is 5.75 Å². The zero-order valence-corrected chi connectivity index (χ0v) is 22.8. The number of nitrogens with one attached hydrogen (secondary N) is 1. The predicted molar refractivity (Wildman–Crippen MR) is 147 cm³/mol. The number of piperazine rings is 1. The number of methoxy groups -OCH3 is 1. The average molecular weight is 597 g/mol. The van der Waals surface area contributed by atoms with Crippen molar-refractivity contribution in [3.63, 3.8) is 0 Å². The Balaban J connectivity index is 0.00000289. The molecule has 0 bridgehead atoms. The lowest BCUT2D eigenvalue weighted by Crippen LogP contribution is -2.47. The number of fused-ring (bicyclic) bond motifs is 1. The molecule has 1 aliphatic rings. The lowest BCUT2D eigenvalue weighted by Gasteiger charge is -2.37. The van der Waals surface area contributed by atoms with Crippen molar-refractivity contribution in [2.75, 3.05) is 47.8 Å².